The Balaban J connectivity index is 1.95. The van der Waals surface area contributed by atoms with E-state index in [0.29, 0.717) is 24.5 Å². The molecule has 1 aliphatic carbocycles. The first-order chi connectivity index (χ1) is 10.1. The molecule has 0 radical (unpaired) electrons. The van der Waals surface area contributed by atoms with E-state index in [1.54, 1.807) is 29.0 Å². The van der Waals surface area contributed by atoms with Gasteiger partial charge in [0, 0.05) is 6.04 Å². The van der Waals surface area contributed by atoms with E-state index in [2.05, 4.69) is 5.32 Å². The Labute approximate surface area is 127 Å². The van der Waals surface area contributed by atoms with Gasteiger partial charge in [0.05, 0.1) is 12.8 Å². The molecule has 0 aromatic carbocycles. The fraction of sp³-hybridized carbons (Fsp3) is 0.571. The summed E-state index contributed by atoms with van der Waals surface area (Å²) < 4.78 is 5.27. The molecule has 1 unspecified atom stereocenters. The van der Waals surface area contributed by atoms with Gasteiger partial charge < -0.3 is 19.7 Å². The summed E-state index contributed by atoms with van der Waals surface area (Å²) in [7, 11) is 0. The van der Waals surface area contributed by atoms with Crippen LogP contribution in [0.2, 0.25) is 0 Å². The molecular weight excluding hydrogens is 292 g/mol. The van der Waals surface area contributed by atoms with E-state index < -0.39 is 12.0 Å². The molecule has 1 fully saturated rings. The SMILES string of the molecule is CSCCC(NC(=O)N(Cc1ccco1)C1CC1)C(=O)O. The summed E-state index contributed by atoms with van der Waals surface area (Å²) >= 11 is 1.56. The van der Waals surface area contributed by atoms with Crippen LogP contribution in [0.1, 0.15) is 25.0 Å². The topological polar surface area (TPSA) is 82.8 Å². The number of carboxylic acids is 1. The highest BCUT2D eigenvalue weighted by Gasteiger charge is 2.34. The number of urea groups is 1. The lowest BCUT2D eigenvalue weighted by Crippen LogP contribution is -2.48. The van der Waals surface area contributed by atoms with Crippen LogP contribution in [-0.4, -0.2) is 46.1 Å². The summed E-state index contributed by atoms with van der Waals surface area (Å²) in [6.07, 6.45) is 5.81. The molecule has 0 aliphatic heterocycles. The average Bonchev–Trinajstić information content (AvgIpc) is 3.16. The molecule has 1 atom stereocenters. The number of nitrogens with zero attached hydrogens (tertiary/aromatic N) is 1. The molecule has 116 valence electrons. The minimum absolute atomic E-state index is 0.185. The van der Waals surface area contributed by atoms with Gasteiger partial charge in [-0.2, -0.15) is 11.8 Å². The maximum absolute atomic E-state index is 12.3. The Kier molecular flexibility index (Phi) is 5.55. The Bertz CT molecular complexity index is 473. The molecule has 2 amide bonds. The summed E-state index contributed by atoms with van der Waals surface area (Å²) in [6, 6.07) is 2.59. The van der Waals surface area contributed by atoms with Crippen LogP contribution < -0.4 is 5.32 Å². The van der Waals surface area contributed by atoms with Gasteiger partial charge in [-0.25, -0.2) is 9.59 Å². The molecule has 0 saturated heterocycles. The molecule has 1 aliphatic rings. The van der Waals surface area contributed by atoms with Gasteiger partial charge in [-0.05, 0) is 43.4 Å². The largest absolute Gasteiger partial charge is 0.480 e. The summed E-state index contributed by atoms with van der Waals surface area (Å²) in [5, 5.41) is 11.8. The quantitative estimate of drug-likeness (QED) is 0.768. The number of amides is 2. The summed E-state index contributed by atoms with van der Waals surface area (Å²) in [5.41, 5.74) is 0. The number of carboxylic acid groups (broad SMARTS) is 1. The van der Waals surface area contributed by atoms with E-state index in [1.807, 2.05) is 12.3 Å². The van der Waals surface area contributed by atoms with Crippen LogP contribution in [0.15, 0.2) is 22.8 Å². The second kappa shape index (κ2) is 7.40. The standard InChI is InChI=1S/C14H20N2O4S/c1-21-8-6-12(13(17)18)15-14(19)16(10-4-5-10)9-11-3-2-7-20-11/h2-3,7,10,12H,4-6,8-9H2,1H3,(H,15,19)(H,17,18). The smallest absolute Gasteiger partial charge is 0.326 e. The number of hydrogen-bond acceptors (Lipinski definition) is 4. The highest BCUT2D eigenvalue weighted by molar-refractivity contribution is 7.98. The Hall–Kier alpha value is -1.63. The van der Waals surface area contributed by atoms with E-state index in [9.17, 15) is 14.7 Å². The van der Waals surface area contributed by atoms with Gasteiger partial charge in [0.1, 0.15) is 11.8 Å². The van der Waals surface area contributed by atoms with E-state index in [1.165, 1.54) is 0 Å². The number of thioether (sulfide) groups is 1. The van der Waals surface area contributed by atoms with Crippen molar-refractivity contribution < 1.29 is 19.1 Å². The molecule has 2 rings (SSSR count). The monoisotopic (exact) mass is 312 g/mol. The van der Waals surface area contributed by atoms with Crippen molar-refractivity contribution in [3.05, 3.63) is 24.2 Å². The number of hydrogen-bond donors (Lipinski definition) is 2. The lowest BCUT2D eigenvalue weighted by Gasteiger charge is -2.24. The summed E-state index contributed by atoms with van der Waals surface area (Å²) in [5.74, 6) is 0.401. The maximum atomic E-state index is 12.3. The molecular formula is C14H20N2O4S. The number of nitrogens with one attached hydrogen (secondary N) is 1. The number of rotatable bonds is 8. The third kappa shape index (κ3) is 4.70. The second-order valence-corrected chi connectivity index (χ2v) is 6.05. The predicted molar refractivity (Wildman–Crippen MR) is 80.2 cm³/mol. The summed E-state index contributed by atoms with van der Waals surface area (Å²) in [6.45, 7) is 0.373. The summed E-state index contributed by atoms with van der Waals surface area (Å²) in [4.78, 5) is 25.2. The third-order valence-electron chi connectivity index (χ3n) is 3.36. The van der Waals surface area contributed by atoms with Gasteiger partial charge in [0.2, 0.25) is 0 Å². The van der Waals surface area contributed by atoms with Crippen molar-refractivity contribution in [2.75, 3.05) is 12.0 Å². The predicted octanol–water partition coefficient (Wildman–Crippen LogP) is 2.16. The third-order valence-corrected chi connectivity index (χ3v) is 4.01. The molecule has 0 spiro atoms. The zero-order valence-corrected chi connectivity index (χ0v) is 12.8. The van der Waals surface area contributed by atoms with Gasteiger partial charge in [0.15, 0.2) is 0 Å². The number of furan rings is 1. The van der Waals surface area contributed by atoms with Crippen LogP contribution >= 0.6 is 11.8 Å². The minimum atomic E-state index is -0.994. The van der Waals surface area contributed by atoms with Gasteiger partial charge in [-0.15, -0.1) is 0 Å². The highest BCUT2D eigenvalue weighted by atomic mass is 32.2. The van der Waals surface area contributed by atoms with Crippen molar-refractivity contribution in [1.29, 1.82) is 0 Å². The van der Waals surface area contributed by atoms with Crippen LogP contribution in [0.4, 0.5) is 4.79 Å². The molecule has 21 heavy (non-hydrogen) atoms. The molecule has 1 heterocycles. The van der Waals surface area contributed by atoms with Gasteiger partial charge in [-0.1, -0.05) is 0 Å². The fourth-order valence-corrected chi connectivity index (χ4v) is 2.52. The number of carbonyl (C=O) groups excluding carboxylic acids is 1. The van der Waals surface area contributed by atoms with Crippen LogP contribution in [-0.2, 0) is 11.3 Å². The van der Waals surface area contributed by atoms with Gasteiger partial charge in [0.25, 0.3) is 0 Å². The average molecular weight is 312 g/mol. The number of aliphatic carboxylic acids is 1. The van der Waals surface area contributed by atoms with E-state index in [-0.39, 0.29) is 12.1 Å². The van der Waals surface area contributed by atoms with Crippen molar-refractivity contribution in [2.24, 2.45) is 0 Å². The highest BCUT2D eigenvalue weighted by Crippen LogP contribution is 2.28. The van der Waals surface area contributed by atoms with E-state index in [4.69, 9.17) is 4.42 Å². The Morgan fingerprint density at radius 1 is 1.57 bits per heavy atom. The van der Waals surface area contributed by atoms with Crippen LogP contribution in [0.25, 0.3) is 0 Å². The zero-order chi connectivity index (χ0) is 15.2. The van der Waals surface area contributed by atoms with Crippen molar-refractivity contribution in [3.8, 4) is 0 Å². The first-order valence-corrected chi connectivity index (χ1v) is 8.32. The molecule has 0 bridgehead atoms. The van der Waals surface area contributed by atoms with Crippen LogP contribution in [0.3, 0.4) is 0 Å². The lowest BCUT2D eigenvalue weighted by atomic mass is 10.2. The zero-order valence-electron chi connectivity index (χ0n) is 11.9. The van der Waals surface area contributed by atoms with Crippen molar-refractivity contribution in [1.82, 2.24) is 10.2 Å². The number of carbonyl (C=O) groups is 2. The first kappa shape index (κ1) is 15.8. The van der Waals surface area contributed by atoms with E-state index in [0.717, 1.165) is 12.8 Å². The van der Waals surface area contributed by atoms with E-state index >= 15 is 0 Å². The molecule has 1 aromatic rings. The normalized spacial score (nSPS) is 15.5. The molecule has 7 heteroatoms. The lowest BCUT2D eigenvalue weighted by molar-refractivity contribution is -0.139. The maximum Gasteiger partial charge on any atom is 0.326 e. The Morgan fingerprint density at radius 2 is 2.33 bits per heavy atom. The molecule has 1 aromatic heterocycles. The van der Waals surface area contributed by atoms with Crippen LogP contribution in [0.5, 0.6) is 0 Å². The van der Waals surface area contributed by atoms with Gasteiger partial charge in [-0.3, -0.25) is 0 Å². The van der Waals surface area contributed by atoms with Gasteiger partial charge >= 0.3 is 12.0 Å². The first-order valence-electron chi connectivity index (χ1n) is 6.93. The molecule has 1 saturated carbocycles. The fourth-order valence-electron chi connectivity index (χ4n) is 2.05. The van der Waals surface area contributed by atoms with Crippen LogP contribution in [0, 0.1) is 0 Å². The Morgan fingerprint density at radius 3 is 2.86 bits per heavy atom. The molecule has 6 nitrogen and oxygen atoms in total. The molecule has 2 N–H and O–H groups in total. The van der Waals surface area contributed by atoms with Crippen molar-refractivity contribution in [3.63, 3.8) is 0 Å². The van der Waals surface area contributed by atoms with Crippen molar-refractivity contribution >= 4 is 23.8 Å². The minimum Gasteiger partial charge on any atom is -0.480 e. The second-order valence-electron chi connectivity index (χ2n) is 5.06. The van der Waals surface area contributed by atoms with Crippen molar-refractivity contribution in [2.45, 2.75) is 37.9 Å².